The molecular weight excluding hydrogens is 135 g/mol. The molecule has 50 valence electrons. The zero-order valence-corrected chi connectivity index (χ0v) is 10.1. The van der Waals surface area contributed by atoms with Crippen molar-refractivity contribution in [3.63, 3.8) is 0 Å². The van der Waals surface area contributed by atoms with Crippen molar-refractivity contribution in [1.29, 1.82) is 0 Å². The summed E-state index contributed by atoms with van der Waals surface area (Å²) in [7, 11) is 0. The quantitative estimate of drug-likeness (QED) is 0.264. The fraction of sp³-hybridized carbons (Fsp3) is 0.875. The average Bonchev–Trinajstić information content (AvgIpc) is 1.90. The topological polar surface area (TPSA) is 0 Å². The van der Waals surface area contributed by atoms with Crippen molar-refractivity contribution < 1.29 is 51.4 Å². The minimum absolute atomic E-state index is 0. The average molecular weight is 152 g/mol. The monoisotopic (exact) mass is 152 g/mol. The molecule has 0 unspecified atom stereocenters. The molecule has 9 heavy (non-hydrogen) atoms. The molecule has 0 nitrogen and oxygen atoms in total. The van der Waals surface area contributed by atoms with Gasteiger partial charge in [0.15, 0.2) is 0 Å². The Labute approximate surface area is 102 Å². The van der Waals surface area contributed by atoms with Crippen molar-refractivity contribution >= 4 is 0 Å². The van der Waals surface area contributed by atoms with E-state index in [4.69, 9.17) is 0 Å². The molecule has 0 heterocycles. The summed E-state index contributed by atoms with van der Waals surface area (Å²) in [4.78, 5) is 0. The van der Waals surface area contributed by atoms with Gasteiger partial charge in [0.05, 0.1) is 0 Å². The van der Waals surface area contributed by atoms with Gasteiger partial charge in [0.25, 0.3) is 0 Å². The molecule has 0 N–H and O–H groups in total. The zero-order chi connectivity index (χ0) is 4.95. The van der Waals surface area contributed by atoms with Crippen LogP contribution in [0.25, 0.3) is 0 Å². The molecule has 0 radical (unpaired) electrons. The van der Waals surface area contributed by atoms with E-state index in [1.165, 1.54) is 44.9 Å². The van der Waals surface area contributed by atoms with E-state index in [-0.39, 0.29) is 58.8 Å². The molecule has 0 aliphatic heterocycles. The maximum Gasteiger partial charge on any atom is 1.00 e. The molecule has 0 amide bonds. The summed E-state index contributed by atoms with van der Waals surface area (Å²) in [5, 5.41) is 0. The maximum absolute atomic E-state index is 1.50. The molecule has 0 aromatic rings. The van der Waals surface area contributed by atoms with Crippen molar-refractivity contribution in [3.05, 3.63) is 7.43 Å². The van der Waals surface area contributed by atoms with E-state index >= 15 is 0 Å². The van der Waals surface area contributed by atoms with Gasteiger partial charge in [-0.3, -0.25) is 0 Å². The van der Waals surface area contributed by atoms with Crippen LogP contribution in [0.3, 0.4) is 0 Å². The molecule has 0 spiro atoms. The Morgan fingerprint density at radius 1 is 0.444 bits per heavy atom. The van der Waals surface area contributed by atoms with Gasteiger partial charge in [-0.15, -0.1) is 0 Å². The minimum Gasteiger partial charge on any atom is -0.358 e. The first-order chi connectivity index (χ1) is 3.50. The van der Waals surface area contributed by atoms with Crippen LogP contribution in [0.2, 0.25) is 0 Å². The molecule has 1 rings (SSSR count). The Balaban J connectivity index is 0. The van der Waals surface area contributed by atoms with Gasteiger partial charge in [-0.1, -0.05) is 44.9 Å². The van der Waals surface area contributed by atoms with Gasteiger partial charge in [-0.25, -0.2) is 0 Å². The summed E-state index contributed by atoms with van der Waals surface area (Å²) in [5.74, 6) is 0. The van der Waals surface area contributed by atoms with E-state index < -0.39 is 0 Å². The minimum atomic E-state index is 0. The van der Waals surface area contributed by atoms with Gasteiger partial charge in [0.1, 0.15) is 0 Å². The van der Waals surface area contributed by atoms with E-state index in [2.05, 4.69) is 0 Å². The van der Waals surface area contributed by atoms with Crippen LogP contribution in [-0.4, -0.2) is 0 Å². The van der Waals surface area contributed by atoms with E-state index in [0.717, 1.165) is 0 Å². The maximum atomic E-state index is 1.50. The largest absolute Gasteiger partial charge is 1.00 e. The van der Waals surface area contributed by atoms with Crippen LogP contribution in [-0.2, 0) is 0 Å². The number of rotatable bonds is 0. The first-order valence-corrected chi connectivity index (χ1v) is 3.50. The Morgan fingerprint density at radius 3 is 0.667 bits per heavy atom. The second kappa shape index (κ2) is 9.64. The predicted octanol–water partition coefficient (Wildman–Crippen LogP) is 0.185. The molecule has 1 saturated carbocycles. The summed E-state index contributed by atoms with van der Waals surface area (Å²) < 4.78 is 0. The molecule has 0 aromatic carbocycles. The fourth-order valence-electron chi connectivity index (χ4n) is 1.24. The van der Waals surface area contributed by atoms with Crippen LogP contribution in [0.4, 0.5) is 0 Å². The first kappa shape index (κ1) is 13.2. The van der Waals surface area contributed by atoms with Gasteiger partial charge in [0.2, 0.25) is 0 Å². The molecule has 0 atom stereocenters. The van der Waals surface area contributed by atoms with Crippen LogP contribution in [0.15, 0.2) is 0 Å². The molecular formula is C8H17K. The Hall–Kier alpha value is 1.64. The summed E-state index contributed by atoms with van der Waals surface area (Å²) in [5.41, 5.74) is 0. The van der Waals surface area contributed by atoms with Crippen molar-refractivity contribution in [2.45, 2.75) is 44.9 Å². The summed E-state index contributed by atoms with van der Waals surface area (Å²) in [6.45, 7) is 0. The zero-order valence-electron chi connectivity index (χ0n) is 6.95. The normalized spacial score (nSPS) is 18.7. The van der Waals surface area contributed by atoms with Crippen LogP contribution in [0, 0.1) is 7.43 Å². The van der Waals surface area contributed by atoms with Crippen LogP contribution in [0.1, 0.15) is 44.9 Å². The molecule has 0 aromatic heterocycles. The Kier molecular flexibility index (Phi) is 14.2. The summed E-state index contributed by atoms with van der Waals surface area (Å²) >= 11 is 0. The third-order valence-corrected chi connectivity index (χ3v) is 1.75. The van der Waals surface area contributed by atoms with Crippen molar-refractivity contribution in [2.24, 2.45) is 0 Å². The van der Waals surface area contributed by atoms with Crippen LogP contribution >= 0.6 is 0 Å². The van der Waals surface area contributed by atoms with E-state index in [1.54, 1.807) is 0 Å². The molecule has 1 aliphatic rings. The van der Waals surface area contributed by atoms with E-state index in [9.17, 15) is 0 Å². The van der Waals surface area contributed by atoms with Gasteiger partial charge in [0, 0.05) is 0 Å². The molecule has 1 heteroatoms. The van der Waals surface area contributed by atoms with Crippen molar-refractivity contribution in [1.82, 2.24) is 0 Å². The third-order valence-electron chi connectivity index (χ3n) is 1.75. The molecule has 0 saturated heterocycles. The predicted molar refractivity (Wildman–Crippen MR) is 38.7 cm³/mol. The number of hydrogen-bond acceptors (Lipinski definition) is 0. The van der Waals surface area contributed by atoms with E-state index in [1.807, 2.05) is 0 Å². The molecule has 0 bridgehead atoms. The second-order valence-electron chi connectivity index (χ2n) is 2.47. The third kappa shape index (κ3) is 7.53. The fourth-order valence-corrected chi connectivity index (χ4v) is 1.24. The van der Waals surface area contributed by atoms with E-state index in [0.29, 0.717) is 0 Å². The molecule has 1 fully saturated rings. The van der Waals surface area contributed by atoms with Crippen LogP contribution in [0.5, 0.6) is 0 Å². The molecule has 1 aliphatic carbocycles. The summed E-state index contributed by atoms with van der Waals surface area (Å²) in [6.07, 6.45) is 10.5. The van der Waals surface area contributed by atoms with Crippen molar-refractivity contribution in [3.8, 4) is 0 Å². The smallest absolute Gasteiger partial charge is 0.358 e. The Morgan fingerprint density at radius 2 is 0.556 bits per heavy atom. The van der Waals surface area contributed by atoms with Crippen molar-refractivity contribution in [2.75, 3.05) is 0 Å². The summed E-state index contributed by atoms with van der Waals surface area (Å²) in [6, 6.07) is 0. The van der Waals surface area contributed by atoms with Crippen LogP contribution < -0.4 is 51.4 Å². The Bertz CT molecular complexity index is 24.2. The standard InChI is InChI=1S/C7H14.CH3.K/c1-2-4-6-7-5-3-1;;/h1-7H2;1H3;/q;-1;+1. The number of hydrogen-bond donors (Lipinski definition) is 0. The second-order valence-corrected chi connectivity index (χ2v) is 2.47. The first-order valence-electron chi connectivity index (χ1n) is 3.50. The van der Waals surface area contributed by atoms with Gasteiger partial charge >= 0.3 is 51.4 Å². The van der Waals surface area contributed by atoms with Gasteiger partial charge in [-0.2, -0.15) is 0 Å². The van der Waals surface area contributed by atoms with Gasteiger partial charge in [-0.05, 0) is 0 Å². The van der Waals surface area contributed by atoms with Gasteiger partial charge < -0.3 is 7.43 Å². The SMILES string of the molecule is C1CCCCCC1.[CH3-].[K+].